The molecule has 0 unspecified atom stereocenters. The van der Waals surface area contributed by atoms with Crippen LogP contribution in [0.3, 0.4) is 0 Å². The van der Waals surface area contributed by atoms with Gasteiger partial charge in [-0.3, -0.25) is 9.59 Å². The van der Waals surface area contributed by atoms with E-state index in [-0.39, 0.29) is 23.9 Å². The summed E-state index contributed by atoms with van der Waals surface area (Å²) in [5.41, 5.74) is 1.25. The van der Waals surface area contributed by atoms with E-state index >= 15 is 0 Å². The smallest absolute Gasteiger partial charge is 0.333 e. The standard InChI is InChI=1S/C27H42O7/c1-10-17(5)25(29)32-21-14-16(4)12-11-13-27(9)24(34-27)23(22(21)15(2)3)33-26(30)18(6)19(7)31-20(8)28/h10,12,15,18-19,21-24H,11,13-14H2,1-9H3/b16-12+,17-10+/t18-,19+,21-,22+,23+,24-,27-/m1/s1. The average molecular weight is 479 g/mol. The normalized spacial score (nSPS) is 33.0. The zero-order chi connectivity index (χ0) is 25.8. The SMILES string of the molecule is C/C=C(\C)C(=O)O[C@@H]1C/C(C)=C/CC[C@@]2(C)O[C@@H]2[C@@H](OC(=O)[C@H](C)[C@H](C)OC(C)=O)[C@H]1C(C)C. The fraction of sp³-hybridized carbons (Fsp3) is 0.741. The molecule has 0 spiro atoms. The van der Waals surface area contributed by atoms with Crippen molar-refractivity contribution in [3.05, 3.63) is 23.3 Å². The Labute approximate surface area is 204 Å². The molecule has 0 bridgehead atoms. The molecule has 0 radical (unpaired) electrons. The lowest BCUT2D eigenvalue weighted by atomic mass is 9.78. The van der Waals surface area contributed by atoms with E-state index in [0.717, 1.165) is 18.4 Å². The second kappa shape index (κ2) is 11.5. The zero-order valence-corrected chi connectivity index (χ0v) is 22.2. The summed E-state index contributed by atoms with van der Waals surface area (Å²) in [6.45, 7) is 16.4. The van der Waals surface area contributed by atoms with E-state index in [0.29, 0.717) is 12.0 Å². The van der Waals surface area contributed by atoms with Crippen molar-refractivity contribution in [2.45, 2.75) is 112 Å². The molecule has 1 heterocycles. The van der Waals surface area contributed by atoms with Crippen molar-refractivity contribution in [1.29, 1.82) is 0 Å². The molecule has 1 aliphatic carbocycles. The number of ether oxygens (including phenoxy) is 4. The van der Waals surface area contributed by atoms with Crippen LogP contribution in [0.4, 0.5) is 0 Å². The summed E-state index contributed by atoms with van der Waals surface area (Å²) in [6.07, 6.45) is 4.12. The highest BCUT2D eigenvalue weighted by molar-refractivity contribution is 5.87. The number of carbonyl (C=O) groups is 3. The minimum absolute atomic E-state index is 0.0448. The maximum atomic E-state index is 13.2. The first kappa shape index (κ1) is 28.1. The molecule has 1 fully saturated rings. The third-order valence-corrected chi connectivity index (χ3v) is 7.17. The first-order valence-electron chi connectivity index (χ1n) is 12.4. The average Bonchev–Trinajstić information content (AvgIpc) is 3.41. The summed E-state index contributed by atoms with van der Waals surface area (Å²) in [5, 5.41) is 0. The van der Waals surface area contributed by atoms with Crippen LogP contribution in [0.15, 0.2) is 23.3 Å². The molecule has 0 aromatic heterocycles. The van der Waals surface area contributed by atoms with Crippen LogP contribution in [0.5, 0.6) is 0 Å². The summed E-state index contributed by atoms with van der Waals surface area (Å²) in [6, 6.07) is 0. The van der Waals surface area contributed by atoms with E-state index < -0.39 is 41.8 Å². The largest absolute Gasteiger partial charge is 0.462 e. The van der Waals surface area contributed by atoms with Crippen molar-refractivity contribution in [2.75, 3.05) is 0 Å². The van der Waals surface area contributed by atoms with E-state index in [9.17, 15) is 14.4 Å². The fourth-order valence-electron chi connectivity index (χ4n) is 4.64. The Balaban J connectivity index is 2.42. The van der Waals surface area contributed by atoms with Gasteiger partial charge in [0.2, 0.25) is 0 Å². The van der Waals surface area contributed by atoms with Gasteiger partial charge in [-0.1, -0.05) is 31.6 Å². The third-order valence-electron chi connectivity index (χ3n) is 7.17. The molecular formula is C27H42O7. The summed E-state index contributed by atoms with van der Waals surface area (Å²) in [5.74, 6) is -2.15. The molecule has 0 saturated carbocycles. The molecule has 1 aliphatic heterocycles. The third kappa shape index (κ3) is 6.94. The predicted molar refractivity (Wildman–Crippen MR) is 129 cm³/mol. The molecule has 1 saturated heterocycles. The van der Waals surface area contributed by atoms with Gasteiger partial charge >= 0.3 is 17.9 Å². The summed E-state index contributed by atoms with van der Waals surface area (Å²) >= 11 is 0. The van der Waals surface area contributed by atoms with E-state index in [1.807, 2.05) is 27.7 Å². The van der Waals surface area contributed by atoms with Gasteiger partial charge in [0.25, 0.3) is 0 Å². The van der Waals surface area contributed by atoms with Crippen LogP contribution >= 0.6 is 0 Å². The van der Waals surface area contributed by atoms with Crippen molar-refractivity contribution in [3.63, 3.8) is 0 Å². The molecule has 7 nitrogen and oxygen atoms in total. The maximum absolute atomic E-state index is 13.2. The van der Waals surface area contributed by atoms with Gasteiger partial charge in [-0.05, 0) is 60.3 Å². The Morgan fingerprint density at radius 3 is 2.35 bits per heavy atom. The molecule has 0 N–H and O–H groups in total. The van der Waals surface area contributed by atoms with Gasteiger partial charge in [0, 0.05) is 24.8 Å². The second-order valence-electron chi connectivity index (χ2n) is 10.4. The molecule has 34 heavy (non-hydrogen) atoms. The van der Waals surface area contributed by atoms with Crippen LogP contribution < -0.4 is 0 Å². The second-order valence-corrected chi connectivity index (χ2v) is 10.4. The Hall–Kier alpha value is -2.15. The van der Waals surface area contributed by atoms with Gasteiger partial charge in [-0.15, -0.1) is 0 Å². The van der Waals surface area contributed by atoms with Gasteiger partial charge in [0.1, 0.15) is 24.4 Å². The Bertz CT molecular complexity index is 827. The quantitative estimate of drug-likeness (QED) is 0.169. The van der Waals surface area contributed by atoms with Crippen LogP contribution in [0.2, 0.25) is 0 Å². The topological polar surface area (TPSA) is 91.4 Å². The Kier molecular flexibility index (Phi) is 9.52. The Morgan fingerprint density at radius 2 is 1.79 bits per heavy atom. The number of allylic oxidation sites excluding steroid dienone is 2. The van der Waals surface area contributed by atoms with Gasteiger partial charge < -0.3 is 18.9 Å². The van der Waals surface area contributed by atoms with Gasteiger partial charge in [-0.25, -0.2) is 4.79 Å². The first-order valence-corrected chi connectivity index (χ1v) is 12.4. The van der Waals surface area contributed by atoms with Crippen LogP contribution in [-0.4, -0.2) is 47.9 Å². The first-order chi connectivity index (χ1) is 15.8. The lowest BCUT2D eigenvalue weighted by Gasteiger charge is -2.37. The highest BCUT2D eigenvalue weighted by atomic mass is 16.6. The zero-order valence-electron chi connectivity index (χ0n) is 22.2. The fourth-order valence-corrected chi connectivity index (χ4v) is 4.64. The van der Waals surface area contributed by atoms with Crippen LogP contribution in [0, 0.1) is 17.8 Å². The molecule has 0 aromatic rings. The van der Waals surface area contributed by atoms with Crippen LogP contribution in [0.25, 0.3) is 0 Å². The molecule has 192 valence electrons. The van der Waals surface area contributed by atoms with E-state index in [1.165, 1.54) is 6.92 Å². The molecule has 7 heteroatoms. The number of epoxide rings is 1. The molecule has 2 aliphatic rings. The van der Waals surface area contributed by atoms with Crippen molar-refractivity contribution < 1.29 is 33.3 Å². The lowest BCUT2D eigenvalue weighted by Crippen LogP contribution is -2.46. The van der Waals surface area contributed by atoms with Crippen molar-refractivity contribution in [2.24, 2.45) is 17.8 Å². The minimum Gasteiger partial charge on any atom is -0.462 e. The van der Waals surface area contributed by atoms with Gasteiger partial charge in [0.15, 0.2) is 0 Å². The number of esters is 3. The van der Waals surface area contributed by atoms with E-state index in [4.69, 9.17) is 18.9 Å². The number of hydrogen-bond acceptors (Lipinski definition) is 7. The number of hydrogen-bond donors (Lipinski definition) is 0. The highest BCUT2D eigenvalue weighted by Gasteiger charge is 2.60. The Morgan fingerprint density at radius 1 is 1.15 bits per heavy atom. The van der Waals surface area contributed by atoms with Crippen LogP contribution in [-0.2, 0) is 33.3 Å². The number of rotatable bonds is 7. The van der Waals surface area contributed by atoms with E-state index in [1.54, 1.807) is 33.8 Å². The van der Waals surface area contributed by atoms with Crippen molar-refractivity contribution in [3.8, 4) is 0 Å². The van der Waals surface area contributed by atoms with Crippen molar-refractivity contribution >= 4 is 17.9 Å². The predicted octanol–water partition coefficient (Wildman–Crippen LogP) is 4.92. The molecule has 7 atom stereocenters. The van der Waals surface area contributed by atoms with E-state index in [2.05, 4.69) is 6.08 Å². The number of fused-ring (bicyclic) bond motifs is 1. The summed E-state index contributed by atoms with van der Waals surface area (Å²) < 4.78 is 23.5. The minimum atomic E-state index is -0.648. The molecule has 0 aromatic carbocycles. The van der Waals surface area contributed by atoms with Crippen LogP contribution in [0.1, 0.15) is 81.6 Å². The van der Waals surface area contributed by atoms with Gasteiger partial charge in [-0.2, -0.15) is 0 Å². The molecule has 2 rings (SSSR count). The number of carbonyl (C=O) groups excluding carboxylic acids is 3. The highest BCUT2D eigenvalue weighted by Crippen LogP contribution is 2.48. The summed E-state index contributed by atoms with van der Waals surface area (Å²) in [4.78, 5) is 37.3. The van der Waals surface area contributed by atoms with Crippen molar-refractivity contribution in [1.82, 2.24) is 0 Å². The molecular weight excluding hydrogens is 436 g/mol. The monoisotopic (exact) mass is 478 g/mol. The maximum Gasteiger partial charge on any atom is 0.333 e. The summed E-state index contributed by atoms with van der Waals surface area (Å²) in [7, 11) is 0. The molecule has 0 amide bonds. The van der Waals surface area contributed by atoms with Gasteiger partial charge in [0.05, 0.1) is 11.5 Å². The lowest BCUT2D eigenvalue weighted by molar-refractivity contribution is -0.172.